The molecule has 0 aliphatic heterocycles. The van der Waals surface area contributed by atoms with Crippen LogP contribution in [-0.4, -0.2) is 17.9 Å². The van der Waals surface area contributed by atoms with Gasteiger partial charge < -0.3 is 4.74 Å². The summed E-state index contributed by atoms with van der Waals surface area (Å²) in [5.41, 5.74) is 0.0883. The van der Waals surface area contributed by atoms with Gasteiger partial charge in [-0.2, -0.15) is 0 Å². The fraction of sp³-hybridized carbons (Fsp3) is 0.250. The van der Waals surface area contributed by atoms with Crippen LogP contribution >= 0.6 is 11.6 Å². The van der Waals surface area contributed by atoms with Gasteiger partial charge in [-0.3, -0.25) is 4.21 Å². The van der Waals surface area contributed by atoms with Crippen molar-refractivity contribution in [2.24, 2.45) is 0 Å². The third-order valence-electron chi connectivity index (χ3n) is 3.19. The maximum atomic E-state index is 14.0. The average molecular weight is 345 g/mol. The SMILES string of the molecule is COCC[C@@H](c1cc(F)ccc1F)S(=O)c1ccc(Cl)cc1. The second kappa shape index (κ2) is 7.81. The molecule has 0 N–H and O–H groups in total. The molecule has 2 atom stereocenters. The summed E-state index contributed by atoms with van der Waals surface area (Å²) in [7, 11) is -0.0416. The van der Waals surface area contributed by atoms with Gasteiger partial charge in [0, 0.05) is 29.2 Å². The van der Waals surface area contributed by atoms with Crippen LogP contribution in [-0.2, 0) is 15.5 Å². The predicted molar refractivity (Wildman–Crippen MR) is 83.5 cm³/mol. The van der Waals surface area contributed by atoms with Gasteiger partial charge in [-0.15, -0.1) is 0 Å². The van der Waals surface area contributed by atoms with E-state index in [0.29, 0.717) is 22.9 Å². The molecule has 0 aromatic heterocycles. The molecule has 0 spiro atoms. The second-order valence-corrected chi connectivity index (χ2v) is 6.76. The molecule has 2 rings (SSSR count). The standard InChI is InChI=1S/C16H15ClF2O2S/c1-21-9-8-16(14-10-12(18)4-7-15(14)19)22(20)13-5-2-11(17)3-6-13/h2-7,10,16H,8-9H2,1H3/t16-,22?/m0/s1. The Balaban J connectivity index is 2.38. The number of hydrogen-bond acceptors (Lipinski definition) is 2. The Morgan fingerprint density at radius 1 is 1.18 bits per heavy atom. The van der Waals surface area contributed by atoms with E-state index in [1.54, 1.807) is 24.3 Å². The van der Waals surface area contributed by atoms with Crippen LogP contribution in [0.3, 0.4) is 0 Å². The molecule has 0 amide bonds. The van der Waals surface area contributed by atoms with E-state index in [4.69, 9.17) is 16.3 Å². The number of halogens is 3. The zero-order valence-corrected chi connectivity index (χ0v) is 13.5. The van der Waals surface area contributed by atoms with Crippen LogP contribution in [0.15, 0.2) is 47.4 Å². The molecule has 6 heteroatoms. The lowest BCUT2D eigenvalue weighted by Gasteiger charge is -2.18. The van der Waals surface area contributed by atoms with Crippen LogP contribution in [0.5, 0.6) is 0 Å². The highest BCUT2D eigenvalue weighted by Crippen LogP contribution is 2.31. The molecule has 0 heterocycles. The van der Waals surface area contributed by atoms with Gasteiger partial charge >= 0.3 is 0 Å². The van der Waals surface area contributed by atoms with Crippen molar-refractivity contribution in [3.05, 3.63) is 64.7 Å². The van der Waals surface area contributed by atoms with E-state index in [0.717, 1.165) is 18.2 Å². The third-order valence-corrected chi connectivity index (χ3v) is 5.19. The van der Waals surface area contributed by atoms with E-state index < -0.39 is 27.7 Å². The molecule has 0 fully saturated rings. The summed E-state index contributed by atoms with van der Waals surface area (Å²) < 4.78 is 45.2. The molecular weight excluding hydrogens is 330 g/mol. The highest BCUT2D eigenvalue weighted by Gasteiger charge is 2.24. The highest BCUT2D eigenvalue weighted by molar-refractivity contribution is 7.85. The van der Waals surface area contributed by atoms with Gasteiger partial charge in [0.05, 0.1) is 16.0 Å². The van der Waals surface area contributed by atoms with Crippen molar-refractivity contribution in [1.82, 2.24) is 0 Å². The number of hydrogen-bond donors (Lipinski definition) is 0. The monoisotopic (exact) mass is 344 g/mol. The largest absolute Gasteiger partial charge is 0.385 e. The molecule has 0 saturated carbocycles. The van der Waals surface area contributed by atoms with Crippen molar-refractivity contribution in [3.8, 4) is 0 Å². The minimum absolute atomic E-state index is 0.0883. The first-order valence-electron chi connectivity index (χ1n) is 6.63. The summed E-state index contributed by atoms with van der Waals surface area (Å²) in [5.74, 6) is -1.14. The molecule has 2 aromatic carbocycles. The Labute approximate surface area is 135 Å². The van der Waals surface area contributed by atoms with E-state index in [1.807, 2.05) is 0 Å². The summed E-state index contributed by atoms with van der Waals surface area (Å²) >= 11 is 5.81. The van der Waals surface area contributed by atoms with Crippen LogP contribution in [0.4, 0.5) is 8.78 Å². The lowest BCUT2D eigenvalue weighted by molar-refractivity contribution is 0.193. The van der Waals surface area contributed by atoms with Crippen molar-refractivity contribution >= 4 is 22.4 Å². The fourth-order valence-corrected chi connectivity index (χ4v) is 3.68. The minimum Gasteiger partial charge on any atom is -0.385 e. The molecule has 0 aliphatic carbocycles. The minimum atomic E-state index is -1.55. The zero-order valence-electron chi connectivity index (χ0n) is 11.9. The van der Waals surface area contributed by atoms with Gasteiger partial charge in [-0.25, -0.2) is 8.78 Å². The maximum absolute atomic E-state index is 14.0. The van der Waals surface area contributed by atoms with Crippen molar-refractivity contribution in [2.75, 3.05) is 13.7 Å². The van der Waals surface area contributed by atoms with Crippen molar-refractivity contribution < 1.29 is 17.7 Å². The van der Waals surface area contributed by atoms with Gasteiger partial charge in [0.1, 0.15) is 11.6 Å². The van der Waals surface area contributed by atoms with Gasteiger partial charge in [-0.1, -0.05) is 11.6 Å². The van der Waals surface area contributed by atoms with Crippen molar-refractivity contribution in [3.63, 3.8) is 0 Å². The average Bonchev–Trinajstić information content (AvgIpc) is 2.51. The van der Waals surface area contributed by atoms with E-state index in [1.165, 1.54) is 7.11 Å². The molecule has 0 radical (unpaired) electrons. The lowest BCUT2D eigenvalue weighted by Crippen LogP contribution is -2.12. The van der Waals surface area contributed by atoms with E-state index in [-0.39, 0.29) is 5.56 Å². The summed E-state index contributed by atoms with van der Waals surface area (Å²) in [6.45, 7) is 0.292. The van der Waals surface area contributed by atoms with Crippen molar-refractivity contribution in [1.29, 1.82) is 0 Å². The highest BCUT2D eigenvalue weighted by atomic mass is 35.5. The van der Waals surface area contributed by atoms with Gasteiger partial charge in [0.2, 0.25) is 0 Å². The zero-order chi connectivity index (χ0) is 16.1. The maximum Gasteiger partial charge on any atom is 0.127 e. The summed E-state index contributed by atoms with van der Waals surface area (Å²) in [6.07, 6.45) is 0.312. The van der Waals surface area contributed by atoms with Gasteiger partial charge in [0.25, 0.3) is 0 Å². The Bertz CT molecular complexity index is 662. The molecule has 22 heavy (non-hydrogen) atoms. The number of methoxy groups -OCH3 is 1. The topological polar surface area (TPSA) is 26.3 Å². The van der Waals surface area contributed by atoms with Crippen LogP contribution in [0, 0.1) is 11.6 Å². The Hall–Kier alpha value is -1.30. The van der Waals surface area contributed by atoms with E-state index in [9.17, 15) is 13.0 Å². The fourth-order valence-electron chi connectivity index (χ4n) is 2.10. The first-order chi connectivity index (χ1) is 10.5. The normalized spacial score (nSPS) is 13.8. The quantitative estimate of drug-likeness (QED) is 0.771. The molecule has 0 aliphatic rings. The third kappa shape index (κ3) is 4.12. The summed E-state index contributed by atoms with van der Waals surface area (Å²) in [4.78, 5) is 0.508. The molecule has 1 unspecified atom stereocenters. The Morgan fingerprint density at radius 3 is 2.50 bits per heavy atom. The van der Waals surface area contributed by atoms with Gasteiger partial charge in [0.15, 0.2) is 0 Å². The van der Waals surface area contributed by atoms with Crippen LogP contribution in [0.2, 0.25) is 5.02 Å². The molecule has 0 bridgehead atoms. The van der Waals surface area contributed by atoms with Crippen molar-refractivity contribution in [2.45, 2.75) is 16.6 Å². The summed E-state index contributed by atoms with van der Waals surface area (Å²) in [6, 6.07) is 9.64. The van der Waals surface area contributed by atoms with Crippen LogP contribution < -0.4 is 0 Å². The van der Waals surface area contributed by atoms with E-state index in [2.05, 4.69) is 0 Å². The Kier molecular flexibility index (Phi) is 6.06. The Morgan fingerprint density at radius 2 is 1.86 bits per heavy atom. The second-order valence-electron chi connectivity index (χ2n) is 4.69. The first kappa shape index (κ1) is 17.1. The van der Waals surface area contributed by atoms with E-state index >= 15 is 0 Å². The number of rotatable bonds is 6. The summed E-state index contributed by atoms with van der Waals surface area (Å²) in [5, 5.41) is -0.178. The van der Waals surface area contributed by atoms with Gasteiger partial charge in [-0.05, 0) is 48.9 Å². The smallest absolute Gasteiger partial charge is 0.127 e. The lowest BCUT2D eigenvalue weighted by atomic mass is 10.1. The first-order valence-corrected chi connectivity index (χ1v) is 8.22. The van der Waals surface area contributed by atoms with Crippen LogP contribution in [0.25, 0.3) is 0 Å². The molecule has 2 nitrogen and oxygen atoms in total. The predicted octanol–water partition coefficient (Wildman–Crippen LogP) is 4.50. The molecule has 0 saturated heterocycles. The molecule has 118 valence electrons. The molecular formula is C16H15ClF2O2S. The van der Waals surface area contributed by atoms with Crippen LogP contribution in [0.1, 0.15) is 17.2 Å². The molecule has 2 aromatic rings. The number of ether oxygens (including phenoxy) is 1. The number of benzene rings is 2.